The second-order valence-corrected chi connectivity index (χ2v) is 7.15. The molecule has 1 heterocycles. The number of imide groups is 2. The van der Waals surface area contributed by atoms with Crippen molar-refractivity contribution in [1.82, 2.24) is 5.32 Å². The van der Waals surface area contributed by atoms with Crippen LogP contribution in [0.5, 0.6) is 11.5 Å². The third-order valence-corrected chi connectivity index (χ3v) is 5.09. The number of amides is 4. The molecule has 1 aliphatic rings. The van der Waals surface area contributed by atoms with E-state index in [1.165, 1.54) is 20.1 Å². The van der Waals surface area contributed by atoms with Crippen LogP contribution < -0.4 is 19.7 Å². The first-order chi connectivity index (χ1) is 15.1. The Kier molecular flexibility index (Phi) is 6.29. The number of nitrogens with zero attached hydrogens (tertiary/aromatic N) is 1. The van der Waals surface area contributed by atoms with E-state index in [2.05, 4.69) is 5.32 Å². The quantitative estimate of drug-likeness (QED) is 0.525. The Bertz CT molecular complexity index is 1150. The van der Waals surface area contributed by atoms with Gasteiger partial charge in [0, 0.05) is 5.56 Å². The molecular formula is C23H22N2O7. The molecule has 2 aromatic rings. The normalized spacial score (nSPS) is 16.1. The van der Waals surface area contributed by atoms with Crippen molar-refractivity contribution in [2.75, 3.05) is 12.0 Å². The summed E-state index contributed by atoms with van der Waals surface area (Å²) in [6.07, 6.45) is 0.0293. The molecular weight excluding hydrogens is 416 g/mol. The van der Waals surface area contributed by atoms with Crippen LogP contribution >= 0.6 is 0 Å². The molecule has 1 aliphatic heterocycles. The zero-order valence-corrected chi connectivity index (χ0v) is 18.0. The van der Waals surface area contributed by atoms with Gasteiger partial charge in [-0.1, -0.05) is 24.3 Å². The van der Waals surface area contributed by atoms with Crippen molar-refractivity contribution in [2.24, 2.45) is 0 Å². The van der Waals surface area contributed by atoms with Crippen molar-refractivity contribution in [1.29, 1.82) is 0 Å². The summed E-state index contributed by atoms with van der Waals surface area (Å²) in [5.41, 5.74) is 1.87. The number of aliphatic carboxylic acids is 1. The van der Waals surface area contributed by atoms with Crippen LogP contribution in [0.1, 0.15) is 23.6 Å². The summed E-state index contributed by atoms with van der Waals surface area (Å²) in [7, 11) is 1.38. The van der Waals surface area contributed by atoms with Crippen molar-refractivity contribution in [2.45, 2.75) is 26.9 Å². The van der Waals surface area contributed by atoms with E-state index in [0.717, 1.165) is 10.5 Å². The zero-order chi connectivity index (χ0) is 23.6. The lowest BCUT2D eigenvalue weighted by Gasteiger charge is -2.28. The molecule has 2 aromatic carbocycles. The number of nitrogens with one attached hydrogen (secondary N) is 1. The summed E-state index contributed by atoms with van der Waals surface area (Å²) in [5.74, 6) is -2.62. The SMILES string of the molecule is COc1cccc(/C=C2\C(=O)NC(=O)N(c3cccc(C)c3C)C2=O)c1O[C@@H](C)C(=O)O. The van der Waals surface area contributed by atoms with Gasteiger partial charge in [-0.05, 0) is 50.1 Å². The van der Waals surface area contributed by atoms with Gasteiger partial charge in [0.25, 0.3) is 11.8 Å². The fraction of sp³-hybridized carbons (Fsp3) is 0.217. The summed E-state index contributed by atoms with van der Waals surface area (Å²) < 4.78 is 10.8. The molecule has 0 aromatic heterocycles. The molecule has 4 amide bonds. The molecule has 0 radical (unpaired) electrons. The predicted molar refractivity (Wildman–Crippen MR) is 116 cm³/mol. The summed E-state index contributed by atoms with van der Waals surface area (Å²) in [5, 5.41) is 11.4. The first-order valence-corrected chi connectivity index (χ1v) is 9.69. The van der Waals surface area contributed by atoms with Crippen LogP contribution in [0.15, 0.2) is 42.0 Å². The van der Waals surface area contributed by atoms with Crippen LogP contribution in [0, 0.1) is 13.8 Å². The fourth-order valence-corrected chi connectivity index (χ4v) is 3.17. The van der Waals surface area contributed by atoms with Gasteiger partial charge in [0.2, 0.25) is 0 Å². The molecule has 0 unspecified atom stereocenters. The number of carbonyl (C=O) groups is 4. The van der Waals surface area contributed by atoms with Gasteiger partial charge < -0.3 is 14.6 Å². The van der Waals surface area contributed by atoms with Gasteiger partial charge in [0.05, 0.1) is 12.8 Å². The number of aryl methyl sites for hydroxylation is 1. The highest BCUT2D eigenvalue weighted by Crippen LogP contribution is 2.34. The molecule has 1 saturated heterocycles. The zero-order valence-electron chi connectivity index (χ0n) is 18.0. The van der Waals surface area contributed by atoms with Crippen LogP contribution in [0.4, 0.5) is 10.5 Å². The number of para-hydroxylation sites is 1. The average Bonchev–Trinajstić information content (AvgIpc) is 2.74. The minimum atomic E-state index is -1.22. The molecule has 1 atom stereocenters. The molecule has 32 heavy (non-hydrogen) atoms. The smallest absolute Gasteiger partial charge is 0.344 e. The third kappa shape index (κ3) is 4.18. The van der Waals surface area contributed by atoms with Crippen LogP contribution in [0.3, 0.4) is 0 Å². The van der Waals surface area contributed by atoms with Gasteiger partial charge in [0.1, 0.15) is 5.57 Å². The van der Waals surface area contributed by atoms with E-state index in [-0.39, 0.29) is 22.6 Å². The van der Waals surface area contributed by atoms with E-state index in [9.17, 15) is 24.3 Å². The van der Waals surface area contributed by atoms with Crippen LogP contribution in [0.2, 0.25) is 0 Å². The molecule has 0 aliphatic carbocycles. The Morgan fingerprint density at radius 2 is 1.81 bits per heavy atom. The largest absolute Gasteiger partial charge is 0.493 e. The lowest BCUT2D eigenvalue weighted by molar-refractivity contribution is -0.144. The summed E-state index contributed by atoms with van der Waals surface area (Å²) >= 11 is 0. The van der Waals surface area contributed by atoms with Gasteiger partial charge in [-0.15, -0.1) is 0 Å². The van der Waals surface area contributed by atoms with Crippen molar-refractivity contribution in [3.63, 3.8) is 0 Å². The van der Waals surface area contributed by atoms with Crippen LogP contribution in [-0.2, 0) is 14.4 Å². The van der Waals surface area contributed by atoms with Crippen molar-refractivity contribution < 1.29 is 33.8 Å². The van der Waals surface area contributed by atoms with Crippen molar-refractivity contribution in [3.8, 4) is 11.5 Å². The molecule has 3 rings (SSSR count). The Hall–Kier alpha value is -4.14. The van der Waals surface area contributed by atoms with Gasteiger partial charge in [-0.2, -0.15) is 0 Å². The number of urea groups is 1. The fourth-order valence-electron chi connectivity index (χ4n) is 3.17. The molecule has 9 heteroatoms. The number of anilines is 1. The molecule has 0 bridgehead atoms. The Labute approximate surface area is 184 Å². The van der Waals surface area contributed by atoms with E-state index in [1.54, 1.807) is 37.3 Å². The number of carboxylic acid groups (broad SMARTS) is 1. The van der Waals surface area contributed by atoms with E-state index in [4.69, 9.17) is 9.47 Å². The maximum absolute atomic E-state index is 13.2. The number of carbonyl (C=O) groups excluding carboxylic acids is 3. The Morgan fingerprint density at radius 3 is 2.47 bits per heavy atom. The number of benzene rings is 2. The Morgan fingerprint density at radius 1 is 1.12 bits per heavy atom. The predicted octanol–water partition coefficient (Wildman–Crippen LogP) is 2.83. The van der Waals surface area contributed by atoms with E-state index in [1.807, 2.05) is 13.0 Å². The van der Waals surface area contributed by atoms with Gasteiger partial charge in [0.15, 0.2) is 17.6 Å². The molecule has 0 saturated carbocycles. The van der Waals surface area contributed by atoms with Crippen molar-refractivity contribution in [3.05, 3.63) is 58.7 Å². The third-order valence-electron chi connectivity index (χ3n) is 5.09. The average molecular weight is 438 g/mol. The number of barbiturate groups is 1. The minimum absolute atomic E-state index is 0.0492. The highest BCUT2D eigenvalue weighted by atomic mass is 16.5. The first-order valence-electron chi connectivity index (χ1n) is 9.69. The Balaban J connectivity index is 2.10. The molecule has 2 N–H and O–H groups in total. The van der Waals surface area contributed by atoms with E-state index < -0.39 is 29.9 Å². The first kappa shape index (κ1) is 22.5. The second-order valence-electron chi connectivity index (χ2n) is 7.15. The number of ether oxygens (including phenoxy) is 2. The van der Waals surface area contributed by atoms with Gasteiger partial charge in [-0.25, -0.2) is 14.5 Å². The lowest BCUT2D eigenvalue weighted by atomic mass is 10.0. The number of hydrogen-bond acceptors (Lipinski definition) is 6. The minimum Gasteiger partial charge on any atom is -0.493 e. The monoisotopic (exact) mass is 438 g/mol. The number of hydrogen-bond donors (Lipinski definition) is 2. The highest BCUT2D eigenvalue weighted by Gasteiger charge is 2.38. The number of carboxylic acids is 1. The van der Waals surface area contributed by atoms with E-state index in [0.29, 0.717) is 11.3 Å². The van der Waals surface area contributed by atoms with Crippen LogP contribution in [-0.4, -0.2) is 42.1 Å². The summed E-state index contributed by atoms with van der Waals surface area (Å²) in [6.45, 7) is 4.95. The summed E-state index contributed by atoms with van der Waals surface area (Å²) in [4.78, 5) is 50.4. The number of rotatable bonds is 6. The molecule has 1 fully saturated rings. The van der Waals surface area contributed by atoms with Crippen LogP contribution in [0.25, 0.3) is 6.08 Å². The topological polar surface area (TPSA) is 122 Å². The second kappa shape index (κ2) is 8.93. The molecule has 9 nitrogen and oxygen atoms in total. The van der Waals surface area contributed by atoms with Gasteiger partial charge >= 0.3 is 12.0 Å². The van der Waals surface area contributed by atoms with Crippen molar-refractivity contribution >= 4 is 35.6 Å². The van der Waals surface area contributed by atoms with Gasteiger partial charge in [-0.3, -0.25) is 14.9 Å². The molecule has 0 spiro atoms. The maximum Gasteiger partial charge on any atom is 0.344 e. The summed E-state index contributed by atoms with van der Waals surface area (Å²) in [6, 6.07) is 9.01. The van der Waals surface area contributed by atoms with E-state index >= 15 is 0 Å². The molecule has 166 valence electrons. The maximum atomic E-state index is 13.2. The number of methoxy groups -OCH3 is 1. The standard InChI is InChI=1S/C23H22N2O7/c1-12-7-5-9-17(13(12)2)25-21(27)16(20(26)24-23(25)30)11-15-8-6-10-18(31-4)19(15)32-14(3)22(28)29/h5-11,14H,1-4H3,(H,28,29)(H,24,26,30)/b16-11+/t14-/m0/s1. The highest BCUT2D eigenvalue weighted by molar-refractivity contribution is 6.39. The lowest BCUT2D eigenvalue weighted by Crippen LogP contribution is -2.54.